The van der Waals surface area contributed by atoms with Crippen molar-refractivity contribution in [3.05, 3.63) is 11.7 Å². The summed E-state index contributed by atoms with van der Waals surface area (Å²) in [6, 6.07) is 0. The molecular formula is C9H12N2O3. The monoisotopic (exact) mass is 196 g/mol. The molecule has 0 N–H and O–H groups in total. The lowest BCUT2D eigenvalue weighted by molar-refractivity contribution is 0.100. The van der Waals surface area contributed by atoms with Gasteiger partial charge in [0.05, 0.1) is 0 Å². The molecule has 1 aliphatic rings. The molecule has 0 bridgehead atoms. The van der Waals surface area contributed by atoms with E-state index in [9.17, 15) is 4.79 Å². The zero-order valence-electron chi connectivity index (χ0n) is 8.02. The normalized spacial score (nSPS) is 21.4. The largest absolute Gasteiger partial charge is 0.381 e. The van der Waals surface area contributed by atoms with Crippen molar-refractivity contribution in [1.82, 2.24) is 10.1 Å². The van der Waals surface area contributed by atoms with Crippen LogP contribution in [0.15, 0.2) is 4.52 Å². The molecule has 14 heavy (non-hydrogen) atoms. The summed E-state index contributed by atoms with van der Waals surface area (Å²) in [5.41, 5.74) is 0. The highest BCUT2D eigenvalue weighted by atomic mass is 16.5. The van der Waals surface area contributed by atoms with Crippen LogP contribution >= 0.6 is 0 Å². The topological polar surface area (TPSA) is 65.2 Å². The number of rotatable bonds is 3. The lowest BCUT2D eigenvalue weighted by Gasteiger charge is -2.00. The van der Waals surface area contributed by atoms with E-state index in [1.165, 1.54) is 6.92 Å². The van der Waals surface area contributed by atoms with E-state index in [4.69, 9.17) is 9.26 Å². The molecule has 0 radical (unpaired) electrons. The predicted octanol–water partition coefficient (Wildman–Crippen LogP) is 0.851. The van der Waals surface area contributed by atoms with Gasteiger partial charge in [0.15, 0.2) is 0 Å². The Morgan fingerprint density at radius 3 is 3.07 bits per heavy atom. The highest BCUT2D eigenvalue weighted by Gasteiger charge is 2.20. The molecule has 0 aromatic carbocycles. The highest BCUT2D eigenvalue weighted by Crippen LogP contribution is 2.17. The molecule has 76 valence electrons. The molecule has 1 unspecified atom stereocenters. The van der Waals surface area contributed by atoms with Crippen molar-refractivity contribution >= 4 is 5.78 Å². The molecule has 1 aromatic heterocycles. The zero-order chi connectivity index (χ0) is 9.97. The quantitative estimate of drug-likeness (QED) is 0.670. The summed E-state index contributed by atoms with van der Waals surface area (Å²) in [7, 11) is 0. The maximum absolute atomic E-state index is 10.9. The number of ether oxygens (including phenoxy) is 1. The number of carbonyl (C=O) groups is 1. The molecule has 0 spiro atoms. The van der Waals surface area contributed by atoms with E-state index in [1.807, 2.05) is 0 Å². The molecule has 2 heterocycles. The second-order valence-electron chi connectivity index (χ2n) is 3.50. The molecule has 0 aliphatic carbocycles. The number of Topliss-reactive ketones (excluding diaryl/α,β-unsaturated/α-hetero) is 1. The Bertz CT molecular complexity index is 329. The first-order chi connectivity index (χ1) is 6.75. The van der Waals surface area contributed by atoms with E-state index in [-0.39, 0.29) is 11.6 Å². The molecule has 1 atom stereocenters. The fourth-order valence-corrected chi connectivity index (χ4v) is 1.47. The van der Waals surface area contributed by atoms with Crippen LogP contribution in [0, 0.1) is 5.92 Å². The highest BCUT2D eigenvalue weighted by molar-refractivity contribution is 5.89. The van der Waals surface area contributed by atoms with Crippen LogP contribution in [0.5, 0.6) is 0 Å². The first-order valence-corrected chi connectivity index (χ1v) is 4.67. The number of hydrogen-bond acceptors (Lipinski definition) is 5. The van der Waals surface area contributed by atoms with Gasteiger partial charge in [0.25, 0.3) is 0 Å². The SMILES string of the molecule is CC(=O)c1noc(CC2CCOC2)n1. The number of carbonyl (C=O) groups excluding carboxylic acids is 1. The van der Waals surface area contributed by atoms with Crippen LogP contribution in [0.4, 0.5) is 0 Å². The third-order valence-corrected chi connectivity index (χ3v) is 2.27. The fourth-order valence-electron chi connectivity index (χ4n) is 1.47. The molecule has 1 fully saturated rings. The maximum Gasteiger partial charge on any atom is 0.238 e. The second-order valence-corrected chi connectivity index (χ2v) is 3.50. The zero-order valence-corrected chi connectivity index (χ0v) is 8.02. The Kier molecular flexibility index (Phi) is 2.58. The average molecular weight is 196 g/mol. The number of ketones is 1. The van der Waals surface area contributed by atoms with Gasteiger partial charge in [0, 0.05) is 26.6 Å². The fraction of sp³-hybridized carbons (Fsp3) is 0.667. The number of aromatic nitrogens is 2. The van der Waals surface area contributed by atoms with Crippen LogP contribution in [0.25, 0.3) is 0 Å². The third-order valence-electron chi connectivity index (χ3n) is 2.27. The summed E-state index contributed by atoms with van der Waals surface area (Å²) in [5, 5.41) is 3.58. The third kappa shape index (κ3) is 1.98. The first-order valence-electron chi connectivity index (χ1n) is 4.67. The van der Waals surface area contributed by atoms with Gasteiger partial charge in [-0.05, 0) is 12.3 Å². The van der Waals surface area contributed by atoms with Crippen molar-refractivity contribution in [1.29, 1.82) is 0 Å². The van der Waals surface area contributed by atoms with Gasteiger partial charge < -0.3 is 9.26 Å². The standard InChI is InChI=1S/C9H12N2O3/c1-6(12)9-10-8(14-11-9)4-7-2-3-13-5-7/h7H,2-5H2,1H3. The summed E-state index contributed by atoms with van der Waals surface area (Å²) in [4.78, 5) is 14.9. The minimum absolute atomic E-state index is 0.164. The Labute approximate surface area is 81.4 Å². The summed E-state index contributed by atoms with van der Waals surface area (Å²) < 4.78 is 10.2. The van der Waals surface area contributed by atoms with Gasteiger partial charge in [-0.2, -0.15) is 4.98 Å². The number of nitrogens with zero attached hydrogens (tertiary/aromatic N) is 2. The van der Waals surface area contributed by atoms with Crippen LogP contribution < -0.4 is 0 Å². The molecule has 1 aromatic rings. The summed E-state index contributed by atoms with van der Waals surface area (Å²) >= 11 is 0. The molecule has 5 heteroatoms. The van der Waals surface area contributed by atoms with Crippen molar-refractivity contribution < 1.29 is 14.1 Å². The Morgan fingerprint density at radius 2 is 2.50 bits per heavy atom. The van der Waals surface area contributed by atoms with Crippen LogP contribution in [0.2, 0.25) is 0 Å². The molecule has 1 saturated heterocycles. The smallest absolute Gasteiger partial charge is 0.238 e. The van der Waals surface area contributed by atoms with Crippen LogP contribution in [-0.2, 0) is 11.2 Å². The summed E-state index contributed by atoms with van der Waals surface area (Å²) in [5.74, 6) is 0.988. The van der Waals surface area contributed by atoms with Crippen molar-refractivity contribution in [3.63, 3.8) is 0 Å². The predicted molar refractivity (Wildman–Crippen MR) is 46.9 cm³/mol. The van der Waals surface area contributed by atoms with E-state index < -0.39 is 0 Å². The molecule has 2 rings (SSSR count). The minimum Gasteiger partial charge on any atom is -0.381 e. The van der Waals surface area contributed by atoms with Crippen LogP contribution in [-0.4, -0.2) is 29.1 Å². The Morgan fingerprint density at radius 1 is 1.64 bits per heavy atom. The van der Waals surface area contributed by atoms with Gasteiger partial charge >= 0.3 is 0 Å². The van der Waals surface area contributed by atoms with Gasteiger partial charge in [0.1, 0.15) is 0 Å². The van der Waals surface area contributed by atoms with E-state index >= 15 is 0 Å². The lowest BCUT2D eigenvalue weighted by atomic mass is 10.1. The van der Waals surface area contributed by atoms with Crippen molar-refractivity contribution in [2.24, 2.45) is 5.92 Å². The minimum atomic E-state index is -0.164. The van der Waals surface area contributed by atoms with E-state index in [0.717, 1.165) is 19.6 Å². The molecular weight excluding hydrogens is 184 g/mol. The van der Waals surface area contributed by atoms with Crippen molar-refractivity contribution in [2.75, 3.05) is 13.2 Å². The first kappa shape index (κ1) is 9.33. The molecule has 0 saturated carbocycles. The van der Waals surface area contributed by atoms with Crippen LogP contribution in [0.3, 0.4) is 0 Å². The van der Waals surface area contributed by atoms with Gasteiger partial charge in [-0.15, -0.1) is 0 Å². The van der Waals surface area contributed by atoms with Gasteiger partial charge in [-0.25, -0.2) is 0 Å². The molecule has 5 nitrogen and oxygen atoms in total. The maximum atomic E-state index is 10.9. The Balaban J connectivity index is 1.98. The molecule has 1 aliphatic heterocycles. The second kappa shape index (κ2) is 3.88. The van der Waals surface area contributed by atoms with E-state index in [0.29, 0.717) is 18.2 Å². The lowest BCUT2D eigenvalue weighted by Crippen LogP contribution is -2.04. The summed E-state index contributed by atoms with van der Waals surface area (Å²) in [6.45, 7) is 2.98. The van der Waals surface area contributed by atoms with Crippen molar-refractivity contribution in [2.45, 2.75) is 19.8 Å². The average Bonchev–Trinajstić information content (AvgIpc) is 2.75. The van der Waals surface area contributed by atoms with E-state index in [1.54, 1.807) is 0 Å². The Hall–Kier alpha value is -1.23. The van der Waals surface area contributed by atoms with Gasteiger partial charge in [-0.3, -0.25) is 4.79 Å². The molecule has 0 amide bonds. The summed E-state index contributed by atoms with van der Waals surface area (Å²) in [6.07, 6.45) is 1.73. The van der Waals surface area contributed by atoms with Gasteiger partial charge in [-0.1, -0.05) is 5.16 Å². The van der Waals surface area contributed by atoms with Gasteiger partial charge in [0.2, 0.25) is 17.5 Å². The van der Waals surface area contributed by atoms with E-state index in [2.05, 4.69) is 10.1 Å². The van der Waals surface area contributed by atoms with Crippen LogP contribution in [0.1, 0.15) is 29.9 Å². The number of hydrogen-bond donors (Lipinski definition) is 0. The van der Waals surface area contributed by atoms with Crippen molar-refractivity contribution in [3.8, 4) is 0 Å².